The Kier molecular flexibility index (Phi) is 68.6. The second-order valence-corrected chi connectivity index (χ2v) is 24.5. The predicted octanol–water partition coefficient (Wildman–Crippen LogP) is 25.2. The van der Waals surface area contributed by atoms with E-state index in [1.54, 1.807) is 0 Å². The van der Waals surface area contributed by atoms with Gasteiger partial charge in [0.2, 0.25) is 0 Å². The van der Waals surface area contributed by atoms with Crippen molar-refractivity contribution in [1.29, 1.82) is 0 Å². The lowest BCUT2D eigenvalue weighted by Gasteiger charge is -2.18. The average molecular weight is 1160 g/mol. The first-order valence-corrected chi connectivity index (χ1v) is 36.4. The largest absolute Gasteiger partial charge is 0.462 e. The Hall–Kier alpha value is -3.15. The molecule has 83 heavy (non-hydrogen) atoms. The molecule has 0 N–H and O–H groups in total. The van der Waals surface area contributed by atoms with Crippen LogP contribution in [0.5, 0.6) is 0 Å². The van der Waals surface area contributed by atoms with E-state index in [0.717, 1.165) is 89.9 Å². The van der Waals surface area contributed by atoms with Gasteiger partial charge in [0.1, 0.15) is 13.2 Å². The summed E-state index contributed by atoms with van der Waals surface area (Å²) in [6.07, 6.45) is 93.6. The summed E-state index contributed by atoms with van der Waals surface area (Å²) >= 11 is 0. The number of ether oxygens (including phenoxy) is 3. The SMILES string of the molecule is CC/C=C\C/C=C\C/C=C\CCCCCCCCCC(=O)OCC(COC(=O)CCCCCCCCCCCCCCCCC/C=C\CCCCCCCCCC)OC(=O)CCCCCCCCCCC/C=C\C/C=C\CCCCCCC. The summed E-state index contributed by atoms with van der Waals surface area (Å²) in [6.45, 7) is 6.57. The maximum absolute atomic E-state index is 13.0. The fourth-order valence-corrected chi connectivity index (χ4v) is 10.7. The van der Waals surface area contributed by atoms with E-state index in [4.69, 9.17) is 14.2 Å². The molecule has 0 amide bonds. The van der Waals surface area contributed by atoms with Gasteiger partial charge in [-0.1, -0.05) is 325 Å². The van der Waals surface area contributed by atoms with Crippen molar-refractivity contribution >= 4 is 17.9 Å². The first-order valence-electron chi connectivity index (χ1n) is 36.4. The van der Waals surface area contributed by atoms with Gasteiger partial charge in [-0.25, -0.2) is 0 Å². The molecule has 482 valence electrons. The molecule has 6 heteroatoms. The number of carbonyl (C=O) groups excluding carboxylic acids is 3. The Morgan fingerprint density at radius 1 is 0.253 bits per heavy atom. The molecule has 0 saturated carbocycles. The predicted molar refractivity (Wildman–Crippen MR) is 362 cm³/mol. The third-order valence-electron chi connectivity index (χ3n) is 16.2. The molecule has 0 rings (SSSR count). The van der Waals surface area contributed by atoms with Crippen molar-refractivity contribution in [2.75, 3.05) is 13.2 Å². The quantitative estimate of drug-likeness (QED) is 0.0261. The topological polar surface area (TPSA) is 78.9 Å². The molecule has 0 fully saturated rings. The van der Waals surface area contributed by atoms with Crippen LogP contribution >= 0.6 is 0 Å². The van der Waals surface area contributed by atoms with E-state index in [-0.39, 0.29) is 31.1 Å². The van der Waals surface area contributed by atoms with Crippen molar-refractivity contribution in [3.8, 4) is 0 Å². The minimum Gasteiger partial charge on any atom is -0.462 e. The van der Waals surface area contributed by atoms with Crippen molar-refractivity contribution in [3.05, 3.63) is 72.9 Å². The summed E-state index contributed by atoms with van der Waals surface area (Å²) in [6, 6.07) is 0. The minimum atomic E-state index is -0.784. The molecular formula is C77H138O6. The highest BCUT2D eigenvalue weighted by Gasteiger charge is 2.19. The van der Waals surface area contributed by atoms with Gasteiger partial charge in [-0.3, -0.25) is 14.4 Å². The van der Waals surface area contributed by atoms with E-state index >= 15 is 0 Å². The molecule has 0 saturated heterocycles. The van der Waals surface area contributed by atoms with Crippen LogP contribution in [-0.2, 0) is 28.6 Å². The van der Waals surface area contributed by atoms with Crippen LogP contribution in [0, 0.1) is 0 Å². The highest BCUT2D eigenvalue weighted by atomic mass is 16.6. The zero-order valence-corrected chi connectivity index (χ0v) is 55.5. The first kappa shape index (κ1) is 79.8. The van der Waals surface area contributed by atoms with Gasteiger partial charge >= 0.3 is 17.9 Å². The molecule has 1 unspecified atom stereocenters. The van der Waals surface area contributed by atoms with Crippen LogP contribution in [0.15, 0.2) is 72.9 Å². The monoisotopic (exact) mass is 1160 g/mol. The molecule has 0 aliphatic heterocycles. The molecule has 0 aromatic rings. The third-order valence-corrected chi connectivity index (χ3v) is 16.2. The lowest BCUT2D eigenvalue weighted by atomic mass is 10.0. The van der Waals surface area contributed by atoms with Crippen molar-refractivity contribution in [2.24, 2.45) is 0 Å². The summed E-state index contributed by atoms with van der Waals surface area (Å²) in [7, 11) is 0. The molecular weight excluding hydrogens is 1020 g/mol. The Labute approximate surface area is 516 Å². The van der Waals surface area contributed by atoms with Gasteiger partial charge in [0.15, 0.2) is 6.10 Å². The van der Waals surface area contributed by atoms with Crippen LogP contribution in [0.2, 0.25) is 0 Å². The van der Waals surface area contributed by atoms with Crippen LogP contribution in [0.3, 0.4) is 0 Å². The van der Waals surface area contributed by atoms with Crippen molar-refractivity contribution < 1.29 is 28.6 Å². The number of rotatable bonds is 67. The highest BCUT2D eigenvalue weighted by Crippen LogP contribution is 2.18. The van der Waals surface area contributed by atoms with Gasteiger partial charge in [0.25, 0.3) is 0 Å². The standard InChI is InChI=1S/C77H138O6/c1-4-7-10-13-16-19-22-25-28-31-33-35-36-37-38-39-40-42-43-46-49-52-55-58-61-64-67-70-76(79)82-73-74(72-81-75(78)69-66-63-60-57-54-51-48-45-30-27-24-21-18-15-12-9-6-3)83-77(80)71-68-65-62-59-56-53-50-47-44-41-34-32-29-26-23-20-17-14-11-8-5-2/h9,12,18,21,23,26-27,30-34,74H,4-8,10-11,13-17,19-20,22,24-25,28-29,35-73H2,1-3H3/b12-9-,21-18-,26-23-,30-27-,33-31-,34-32-. The van der Waals surface area contributed by atoms with E-state index in [1.807, 2.05) is 0 Å². The molecule has 1 atom stereocenters. The van der Waals surface area contributed by atoms with Crippen LogP contribution in [0.1, 0.15) is 380 Å². The lowest BCUT2D eigenvalue weighted by Crippen LogP contribution is -2.30. The molecule has 0 aromatic heterocycles. The second kappa shape index (κ2) is 71.3. The summed E-state index contributed by atoms with van der Waals surface area (Å²) < 4.78 is 17.0. The Morgan fingerprint density at radius 3 is 0.747 bits per heavy atom. The van der Waals surface area contributed by atoms with E-state index in [9.17, 15) is 14.4 Å². The smallest absolute Gasteiger partial charge is 0.306 e. The van der Waals surface area contributed by atoms with Gasteiger partial charge in [0, 0.05) is 19.3 Å². The molecule has 0 radical (unpaired) electrons. The highest BCUT2D eigenvalue weighted by molar-refractivity contribution is 5.71. The number of esters is 3. The minimum absolute atomic E-state index is 0.0775. The molecule has 0 aliphatic carbocycles. The fraction of sp³-hybridized carbons (Fsp3) is 0.805. The van der Waals surface area contributed by atoms with Crippen LogP contribution in [-0.4, -0.2) is 37.2 Å². The fourth-order valence-electron chi connectivity index (χ4n) is 10.7. The van der Waals surface area contributed by atoms with E-state index in [1.165, 1.54) is 250 Å². The Bertz CT molecular complexity index is 1520. The molecule has 0 aliphatic rings. The normalized spacial score (nSPS) is 12.5. The molecule has 0 bridgehead atoms. The second-order valence-electron chi connectivity index (χ2n) is 24.5. The van der Waals surface area contributed by atoms with Gasteiger partial charge < -0.3 is 14.2 Å². The lowest BCUT2D eigenvalue weighted by molar-refractivity contribution is -0.167. The first-order chi connectivity index (χ1) is 41.0. The molecule has 6 nitrogen and oxygen atoms in total. The van der Waals surface area contributed by atoms with Crippen molar-refractivity contribution in [1.82, 2.24) is 0 Å². The number of unbranched alkanes of at least 4 members (excludes halogenated alkanes) is 44. The maximum atomic E-state index is 13.0. The van der Waals surface area contributed by atoms with Crippen molar-refractivity contribution in [2.45, 2.75) is 386 Å². The van der Waals surface area contributed by atoms with Gasteiger partial charge in [-0.2, -0.15) is 0 Å². The van der Waals surface area contributed by atoms with Crippen LogP contribution in [0.4, 0.5) is 0 Å². The third kappa shape index (κ3) is 69.5. The summed E-state index contributed by atoms with van der Waals surface area (Å²) in [5.41, 5.74) is 0. The maximum Gasteiger partial charge on any atom is 0.306 e. The summed E-state index contributed by atoms with van der Waals surface area (Å²) in [4.78, 5) is 38.5. The van der Waals surface area contributed by atoms with Crippen LogP contribution < -0.4 is 0 Å². The van der Waals surface area contributed by atoms with Crippen LogP contribution in [0.25, 0.3) is 0 Å². The number of hydrogen-bond acceptors (Lipinski definition) is 6. The average Bonchev–Trinajstić information content (AvgIpc) is 3.50. The molecule has 0 heterocycles. The number of carbonyl (C=O) groups is 3. The van der Waals surface area contributed by atoms with E-state index in [2.05, 4.69) is 93.7 Å². The zero-order valence-electron chi connectivity index (χ0n) is 55.5. The Balaban J connectivity index is 4.30. The molecule has 0 spiro atoms. The summed E-state index contributed by atoms with van der Waals surface area (Å²) in [5.74, 6) is -0.870. The van der Waals surface area contributed by atoms with Gasteiger partial charge in [0.05, 0.1) is 0 Å². The summed E-state index contributed by atoms with van der Waals surface area (Å²) in [5, 5.41) is 0. The number of allylic oxidation sites excluding steroid dienone is 12. The zero-order chi connectivity index (χ0) is 59.9. The van der Waals surface area contributed by atoms with Gasteiger partial charge in [-0.05, 0) is 109 Å². The van der Waals surface area contributed by atoms with Crippen molar-refractivity contribution in [3.63, 3.8) is 0 Å². The molecule has 0 aromatic carbocycles. The van der Waals surface area contributed by atoms with E-state index in [0.29, 0.717) is 19.3 Å². The number of hydrogen-bond donors (Lipinski definition) is 0. The van der Waals surface area contributed by atoms with E-state index < -0.39 is 6.10 Å². The Morgan fingerprint density at radius 2 is 0.470 bits per heavy atom. The van der Waals surface area contributed by atoms with Gasteiger partial charge in [-0.15, -0.1) is 0 Å².